The third-order valence-corrected chi connectivity index (χ3v) is 6.13. The summed E-state index contributed by atoms with van der Waals surface area (Å²) in [6.07, 6.45) is 2.64. The zero-order valence-corrected chi connectivity index (χ0v) is 14.9. The standard InChI is InChI=1S/C18H22FN3O2S/c19-14-1-2-15-16(12-14)25-18(20-15)22-5-3-13(4-6-22)11-17(23)21-7-9-24-10-8-21/h1-2,12-13H,3-11H2. The molecule has 0 unspecified atom stereocenters. The third-order valence-electron chi connectivity index (χ3n) is 5.05. The van der Waals surface area contributed by atoms with Gasteiger partial charge >= 0.3 is 0 Å². The topological polar surface area (TPSA) is 45.7 Å². The van der Waals surface area contributed by atoms with Gasteiger partial charge in [-0.3, -0.25) is 4.79 Å². The summed E-state index contributed by atoms with van der Waals surface area (Å²) in [5, 5.41) is 0.957. The summed E-state index contributed by atoms with van der Waals surface area (Å²) in [6, 6.07) is 4.73. The summed E-state index contributed by atoms with van der Waals surface area (Å²) in [7, 11) is 0. The molecule has 3 heterocycles. The molecule has 1 aromatic heterocycles. The molecule has 134 valence electrons. The summed E-state index contributed by atoms with van der Waals surface area (Å²) in [4.78, 5) is 21.2. The average Bonchev–Trinajstić information content (AvgIpc) is 3.06. The molecule has 0 aliphatic carbocycles. The van der Waals surface area contributed by atoms with E-state index in [0.29, 0.717) is 25.6 Å². The van der Waals surface area contributed by atoms with E-state index in [9.17, 15) is 9.18 Å². The average molecular weight is 363 g/mol. The van der Waals surface area contributed by atoms with Crippen LogP contribution in [-0.2, 0) is 9.53 Å². The fourth-order valence-corrected chi connectivity index (χ4v) is 4.58. The lowest BCUT2D eigenvalue weighted by Gasteiger charge is -2.33. The summed E-state index contributed by atoms with van der Waals surface area (Å²) in [5.74, 6) is 0.485. The molecule has 1 amide bonds. The van der Waals surface area contributed by atoms with Crippen molar-refractivity contribution in [2.45, 2.75) is 19.3 Å². The van der Waals surface area contributed by atoms with Gasteiger partial charge in [-0.25, -0.2) is 9.37 Å². The first-order valence-corrected chi connectivity index (χ1v) is 9.67. The maximum absolute atomic E-state index is 13.3. The van der Waals surface area contributed by atoms with Crippen LogP contribution in [0, 0.1) is 11.7 Å². The van der Waals surface area contributed by atoms with E-state index in [-0.39, 0.29) is 11.7 Å². The van der Waals surface area contributed by atoms with E-state index in [2.05, 4.69) is 9.88 Å². The second-order valence-corrected chi connectivity index (χ2v) is 7.75. The van der Waals surface area contributed by atoms with Crippen LogP contribution in [0.25, 0.3) is 10.2 Å². The summed E-state index contributed by atoms with van der Waals surface area (Å²) in [6.45, 7) is 4.57. The minimum atomic E-state index is -0.219. The van der Waals surface area contributed by atoms with Gasteiger partial charge in [0.05, 0.1) is 23.4 Å². The predicted molar refractivity (Wildman–Crippen MR) is 96.5 cm³/mol. The molecule has 4 rings (SSSR count). The lowest BCUT2D eigenvalue weighted by Crippen LogP contribution is -2.42. The van der Waals surface area contributed by atoms with Crippen molar-refractivity contribution in [3.05, 3.63) is 24.0 Å². The van der Waals surface area contributed by atoms with E-state index in [1.165, 1.54) is 6.07 Å². The number of benzene rings is 1. The molecule has 0 N–H and O–H groups in total. The van der Waals surface area contributed by atoms with Crippen LogP contribution >= 0.6 is 11.3 Å². The monoisotopic (exact) mass is 363 g/mol. The first kappa shape index (κ1) is 16.7. The van der Waals surface area contributed by atoms with Gasteiger partial charge in [-0.15, -0.1) is 0 Å². The predicted octanol–water partition coefficient (Wildman–Crippen LogP) is 2.90. The normalized spacial score (nSPS) is 19.6. The van der Waals surface area contributed by atoms with Crippen LogP contribution in [0.5, 0.6) is 0 Å². The number of amides is 1. The Morgan fingerprint density at radius 2 is 2.00 bits per heavy atom. The molecule has 0 bridgehead atoms. The molecule has 0 saturated carbocycles. The molecular weight excluding hydrogens is 341 g/mol. The number of anilines is 1. The smallest absolute Gasteiger partial charge is 0.223 e. The minimum Gasteiger partial charge on any atom is -0.378 e. The van der Waals surface area contributed by atoms with Gasteiger partial charge in [-0.2, -0.15) is 0 Å². The van der Waals surface area contributed by atoms with E-state index in [1.54, 1.807) is 23.5 Å². The Hall–Kier alpha value is -1.73. The van der Waals surface area contributed by atoms with Crippen molar-refractivity contribution in [2.24, 2.45) is 5.92 Å². The number of thiazole rings is 1. The Kier molecular flexibility index (Phi) is 4.85. The summed E-state index contributed by atoms with van der Waals surface area (Å²) in [5.41, 5.74) is 0.853. The number of piperidine rings is 1. The Balaban J connectivity index is 1.33. The molecule has 2 fully saturated rings. The van der Waals surface area contributed by atoms with Crippen molar-refractivity contribution in [2.75, 3.05) is 44.3 Å². The number of ether oxygens (including phenoxy) is 1. The van der Waals surface area contributed by atoms with Crippen LogP contribution in [0.3, 0.4) is 0 Å². The van der Waals surface area contributed by atoms with E-state index in [4.69, 9.17) is 4.74 Å². The third kappa shape index (κ3) is 3.77. The van der Waals surface area contributed by atoms with Gasteiger partial charge in [0.25, 0.3) is 0 Å². The lowest BCUT2D eigenvalue weighted by atomic mass is 9.93. The van der Waals surface area contributed by atoms with Crippen LogP contribution in [0.2, 0.25) is 0 Å². The molecule has 5 nitrogen and oxygen atoms in total. The molecule has 25 heavy (non-hydrogen) atoms. The van der Waals surface area contributed by atoms with Crippen LogP contribution in [0.4, 0.5) is 9.52 Å². The fraction of sp³-hybridized carbons (Fsp3) is 0.556. The summed E-state index contributed by atoms with van der Waals surface area (Å²) < 4.78 is 19.5. The molecule has 2 aliphatic rings. The molecule has 2 saturated heterocycles. The van der Waals surface area contributed by atoms with Crippen LogP contribution in [-0.4, -0.2) is 55.2 Å². The highest BCUT2D eigenvalue weighted by molar-refractivity contribution is 7.22. The van der Waals surface area contributed by atoms with Crippen molar-refractivity contribution in [3.8, 4) is 0 Å². The van der Waals surface area contributed by atoms with Crippen LogP contribution in [0.15, 0.2) is 18.2 Å². The Morgan fingerprint density at radius 3 is 2.76 bits per heavy atom. The molecule has 0 spiro atoms. The number of nitrogens with zero attached hydrogens (tertiary/aromatic N) is 3. The van der Waals surface area contributed by atoms with Gasteiger partial charge < -0.3 is 14.5 Å². The van der Waals surface area contributed by atoms with Crippen molar-refractivity contribution in [3.63, 3.8) is 0 Å². The largest absolute Gasteiger partial charge is 0.378 e. The van der Waals surface area contributed by atoms with Crippen molar-refractivity contribution in [1.82, 2.24) is 9.88 Å². The Bertz CT molecular complexity index is 752. The molecule has 2 aromatic rings. The second kappa shape index (κ2) is 7.25. The highest BCUT2D eigenvalue weighted by atomic mass is 32.1. The van der Waals surface area contributed by atoms with Crippen molar-refractivity contribution >= 4 is 32.6 Å². The number of carbonyl (C=O) groups excluding carboxylic acids is 1. The number of aromatic nitrogens is 1. The van der Waals surface area contributed by atoms with Gasteiger partial charge in [0.15, 0.2) is 5.13 Å². The first-order valence-electron chi connectivity index (χ1n) is 8.85. The maximum Gasteiger partial charge on any atom is 0.223 e. The van der Waals surface area contributed by atoms with E-state index in [1.807, 2.05) is 4.90 Å². The molecule has 1 aromatic carbocycles. The molecule has 0 atom stereocenters. The minimum absolute atomic E-state index is 0.219. The molecule has 7 heteroatoms. The first-order chi connectivity index (χ1) is 12.2. The molecule has 2 aliphatic heterocycles. The van der Waals surface area contributed by atoms with Crippen molar-refractivity contribution < 1.29 is 13.9 Å². The fourth-order valence-electron chi connectivity index (χ4n) is 3.54. The zero-order valence-electron chi connectivity index (χ0n) is 14.1. The van der Waals surface area contributed by atoms with E-state index < -0.39 is 0 Å². The van der Waals surface area contributed by atoms with Gasteiger partial charge in [0, 0.05) is 32.6 Å². The highest BCUT2D eigenvalue weighted by Crippen LogP contribution is 2.32. The number of rotatable bonds is 3. The Labute approximate surface area is 150 Å². The van der Waals surface area contributed by atoms with Crippen LogP contribution in [0.1, 0.15) is 19.3 Å². The van der Waals surface area contributed by atoms with E-state index in [0.717, 1.165) is 54.4 Å². The molecule has 0 radical (unpaired) electrons. The van der Waals surface area contributed by atoms with Gasteiger partial charge in [-0.05, 0) is 37.0 Å². The van der Waals surface area contributed by atoms with Crippen molar-refractivity contribution in [1.29, 1.82) is 0 Å². The number of carbonyl (C=O) groups is 1. The number of fused-ring (bicyclic) bond motifs is 1. The van der Waals surface area contributed by atoms with Crippen LogP contribution < -0.4 is 4.90 Å². The lowest BCUT2D eigenvalue weighted by molar-refractivity contribution is -0.136. The van der Waals surface area contributed by atoms with Gasteiger partial charge in [-0.1, -0.05) is 11.3 Å². The summed E-state index contributed by atoms with van der Waals surface area (Å²) >= 11 is 1.54. The maximum atomic E-state index is 13.3. The van der Waals surface area contributed by atoms with Gasteiger partial charge in [0.2, 0.25) is 5.91 Å². The number of morpholine rings is 1. The number of halogens is 1. The quantitative estimate of drug-likeness (QED) is 0.841. The van der Waals surface area contributed by atoms with Gasteiger partial charge in [0.1, 0.15) is 5.82 Å². The molecular formula is C18H22FN3O2S. The highest BCUT2D eigenvalue weighted by Gasteiger charge is 2.26. The zero-order chi connectivity index (χ0) is 17.2. The Morgan fingerprint density at radius 1 is 1.24 bits per heavy atom. The number of hydrogen-bond acceptors (Lipinski definition) is 5. The second-order valence-electron chi connectivity index (χ2n) is 6.74. The number of hydrogen-bond donors (Lipinski definition) is 0. The SMILES string of the molecule is O=C(CC1CCN(c2nc3ccc(F)cc3s2)CC1)N1CCOCC1. The van der Waals surface area contributed by atoms with E-state index >= 15 is 0 Å².